The summed E-state index contributed by atoms with van der Waals surface area (Å²) in [6, 6.07) is 17.2. The lowest BCUT2D eigenvalue weighted by Gasteiger charge is -2.23. The molecule has 0 unspecified atom stereocenters. The number of para-hydroxylation sites is 1. The number of methoxy groups -OCH3 is 1. The zero-order valence-corrected chi connectivity index (χ0v) is 21.8. The number of amides is 1. The molecule has 192 valence electrons. The van der Waals surface area contributed by atoms with Crippen LogP contribution in [0.15, 0.2) is 69.9 Å². The molecule has 3 aromatic carbocycles. The number of hydrogen-bond acceptors (Lipinski definition) is 8. The van der Waals surface area contributed by atoms with Gasteiger partial charge in [-0.05, 0) is 61.9 Å². The zero-order valence-electron chi connectivity index (χ0n) is 21.0. The van der Waals surface area contributed by atoms with Crippen molar-refractivity contribution in [2.24, 2.45) is 0 Å². The van der Waals surface area contributed by atoms with E-state index >= 15 is 0 Å². The smallest absolute Gasteiger partial charge is 0.297 e. The topological polar surface area (TPSA) is 91.1 Å². The summed E-state index contributed by atoms with van der Waals surface area (Å²) in [5.74, 6) is 1.39. The second-order valence-corrected chi connectivity index (χ2v) is 9.66. The number of anilines is 1. The molecule has 0 saturated carbocycles. The van der Waals surface area contributed by atoms with Gasteiger partial charge in [0.05, 0.1) is 47.5 Å². The normalized spacial score (nSPS) is 14.8. The van der Waals surface area contributed by atoms with E-state index in [4.69, 9.17) is 23.6 Å². The maximum atomic E-state index is 13.9. The first-order valence-electron chi connectivity index (χ1n) is 12.3. The van der Waals surface area contributed by atoms with Crippen LogP contribution in [0.25, 0.3) is 21.2 Å². The molecule has 9 heteroatoms. The van der Waals surface area contributed by atoms with Gasteiger partial charge in [-0.1, -0.05) is 29.5 Å². The maximum absolute atomic E-state index is 13.9. The summed E-state index contributed by atoms with van der Waals surface area (Å²) in [4.78, 5) is 34.0. The van der Waals surface area contributed by atoms with E-state index in [1.807, 2.05) is 38.1 Å². The highest BCUT2D eigenvalue weighted by atomic mass is 32.1. The lowest BCUT2D eigenvalue weighted by molar-refractivity contribution is 0.0971. The first-order valence-corrected chi connectivity index (χ1v) is 13.1. The number of thiazole rings is 1. The quantitative estimate of drug-likeness (QED) is 0.257. The number of hydrogen-bond donors (Lipinski definition) is 0. The van der Waals surface area contributed by atoms with Gasteiger partial charge in [-0.3, -0.25) is 14.5 Å². The van der Waals surface area contributed by atoms with Crippen LogP contribution in [0, 0.1) is 0 Å². The summed E-state index contributed by atoms with van der Waals surface area (Å²) < 4.78 is 23.8. The molecule has 8 nitrogen and oxygen atoms in total. The van der Waals surface area contributed by atoms with Crippen molar-refractivity contribution in [2.45, 2.75) is 19.9 Å². The standard InChI is InChI=1S/C29H24N2O6S/c1-4-35-17-11-12-19-23(15-17)38-29(30-19)31-25(16-10-13-21(36-5-2)22(14-16)34-3)24-26(32)18-8-6-7-9-20(18)37-27(24)28(31)33/h6-15,25H,4-5H2,1-3H3/t25-/m0/s1. The third-order valence-corrected chi connectivity index (χ3v) is 7.46. The highest BCUT2D eigenvalue weighted by Gasteiger charge is 2.45. The van der Waals surface area contributed by atoms with E-state index in [2.05, 4.69) is 0 Å². The highest BCUT2D eigenvalue weighted by Crippen LogP contribution is 2.45. The van der Waals surface area contributed by atoms with Crippen LogP contribution in [-0.2, 0) is 0 Å². The summed E-state index contributed by atoms with van der Waals surface area (Å²) in [5.41, 5.74) is 1.78. The van der Waals surface area contributed by atoms with Crippen LogP contribution >= 0.6 is 11.3 Å². The van der Waals surface area contributed by atoms with Gasteiger partial charge in [-0.2, -0.15) is 0 Å². The summed E-state index contributed by atoms with van der Waals surface area (Å²) in [5, 5.41) is 0.862. The molecule has 0 saturated heterocycles. The fourth-order valence-corrected chi connectivity index (χ4v) is 5.83. The Labute approximate surface area is 222 Å². The average molecular weight is 529 g/mol. The van der Waals surface area contributed by atoms with Gasteiger partial charge in [0, 0.05) is 0 Å². The van der Waals surface area contributed by atoms with Gasteiger partial charge in [0.1, 0.15) is 11.3 Å². The molecule has 0 bridgehead atoms. The second-order valence-electron chi connectivity index (χ2n) is 8.65. The fourth-order valence-electron chi connectivity index (χ4n) is 4.81. The minimum atomic E-state index is -0.769. The molecule has 1 aliphatic heterocycles. The molecule has 6 rings (SSSR count). The molecule has 1 amide bonds. The van der Waals surface area contributed by atoms with Gasteiger partial charge in [0.25, 0.3) is 5.91 Å². The first kappa shape index (κ1) is 24.0. The lowest BCUT2D eigenvalue weighted by Crippen LogP contribution is -2.29. The Hall–Kier alpha value is -4.37. The number of carbonyl (C=O) groups is 1. The van der Waals surface area contributed by atoms with Crippen LogP contribution in [0.4, 0.5) is 5.13 Å². The van der Waals surface area contributed by atoms with Crippen molar-refractivity contribution < 1.29 is 23.4 Å². The third-order valence-electron chi connectivity index (χ3n) is 6.45. The minimum absolute atomic E-state index is 0.0146. The molecule has 1 atom stereocenters. The van der Waals surface area contributed by atoms with E-state index in [-0.39, 0.29) is 16.8 Å². The number of ether oxygens (including phenoxy) is 3. The number of benzene rings is 3. The van der Waals surface area contributed by atoms with Crippen molar-refractivity contribution in [1.29, 1.82) is 0 Å². The summed E-state index contributed by atoms with van der Waals surface area (Å²) >= 11 is 1.35. The monoisotopic (exact) mass is 528 g/mol. The molecule has 2 aromatic heterocycles. The van der Waals surface area contributed by atoms with Gasteiger partial charge in [0.15, 0.2) is 22.1 Å². The number of nitrogens with zero attached hydrogens (tertiary/aromatic N) is 2. The largest absolute Gasteiger partial charge is 0.494 e. The van der Waals surface area contributed by atoms with Crippen molar-refractivity contribution in [3.8, 4) is 17.2 Å². The summed E-state index contributed by atoms with van der Waals surface area (Å²) in [6.45, 7) is 4.82. The zero-order chi connectivity index (χ0) is 26.4. The van der Waals surface area contributed by atoms with Crippen LogP contribution < -0.4 is 24.5 Å². The van der Waals surface area contributed by atoms with Crippen molar-refractivity contribution in [3.05, 3.63) is 87.8 Å². The van der Waals surface area contributed by atoms with E-state index < -0.39 is 11.9 Å². The molecular weight excluding hydrogens is 504 g/mol. The molecule has 3 heterocycles. The van der Waals surface area contributed by atoms with Crippen molar-refractivity contribution in [2.75, 3.05) is 25.2 Å². The van der Waals surface area contributed by atoms with E-state index in [9.17, 15) is 9.59 Å². The van der Waals surface area contributed by atoms with Gasteiger partial charge in [0.2, 0.25) is 5.76 Å². The number of rotatable bonds is 7. The van der Waals surface area contributed by atoms with Gasteiger partial charge >= 0.3 is 0 Å². The molecule has 0 radical (unpaired) electrons. The van der Waals surface area contributed by atoms with Crippen LogP contribution in [0.1, 0.15) is 41.6 Å². The number of fused-ring (bicyclic) bond motifs is 3. The van der Waals surface area contributed by atoms with Gasteiger partial charge in [-0.15, -0.1) is 0 Å². The van der Waals surface area contributed by atoms with Crippen LogP contribution in [0.2, 0.25) is 0 Å². The first-order chi connectivity index (χ1) is 18.5. The Kier molecular flexibility index (Phi) is 6.00. The van der Waals surface area contributed by atoms with Crippen LogP contribution in [-0.4, -0.2) is 31.2 Å². The number of aromatic nitrogens is 1. The van der Waals surface area contributed by atoms with Crippen LogP contribution in [0.5, 0.6) is 17.2 Å². The number of carbonyl (C=O) groups excluding carboxylic acids is 1. The van der Waals surface area contributed by atoms with Crippen LogP contribution in [0.3, 0.4) is 0 Å². The predicted octanol–water partition coefficient (Wildman–Crippen LogP) is 5.96. The van der Waals surface area contributed by atoms with Gasteiger partial charge in [-0.25, -0.2) is 4.98 Å². The molecule has 1 aliphatic rings. The molecule has 38 heavy (non-hydrogen) atoms. The lowest BCUT2D eigenvalue weighted by atomic mass is 9.98. The van der Waals surface area contributed by atoms with Crippen molar-refractivity contribution in [1.82, 2.24) is 4.98 Å². The van der Waals surface area contributed by atoms with Crippen molar-refractivity contribution in [3.63, 3.8) is 0 Å². The average Bonchev–Trinajstić information content (AvgIpc) is 3.47. The Bertz CT molecular complexity index is 1760. The van der Waals surface area contributed by atoms with Crippen molar-refractivity contribution >= 4 is 43.6 Å². The third kappa shape index (κ3) is 3.78. The van der Waals surface area contributed by atoms with Gasteiger partial charge < -0.3 is 18.6 Å². The molecule has 0 N–H and O–H groups in total. The summed E-state index contributed by atoms with van der Waals surface area (Å²) in [6.07, 6.45) is 0. The van der Waals surface area contributed by atoms with E-state index in [0.717, 1.165) is 16.0 Å². The second kappa shape index (κ2) is 9.50. The Balaban J connectivity index is 1.58. The Morgan fingerprint density at radius 2 is 1.79 bits per heavy atom. The molecule has 0 aliphatic carbocycles. The molecule has 0 fully saturated rings. The summed E-state index contributed by atoms with van der Waals surface area (Å²) in [7, 11) is 1.55. The Morgan fingerprint density at radius 1 is 0.974 bits per heavy atom. The van der Waals surface area contributed by atoms with E-state index in [1.54, 1.807) is 43.5 Å². The fraction of sp³-hybridized carbons (Fsp3) is 0.207. The highest BCUT2D eigenvalue weighted by molar-refractivity contribution is 7.22. The van der Waals surface area contributed by atoms with E-state index in [0.29, 0.717) is 46.4 Å². The maximum Gasteiger partial charge on any atom is 0.297 e. The predicted molar refractivity (Wildman–Crippen MR) is 146 cm³/mol. The molecule has 0 spiro atoms. The molecule has 5 aromatic rings. The Morgan fingerprint density at radius 3 is 2.58 bits per heavy atom. The SMILES string of the molecule is CCOc1ccc2nc(N3C(=O)c4oc5ccccc5c(=O)c4[C@@H]3c3ccc(OCC)c(OC)c3)sc2c1. The molecular formula is C29H24N2O6S. The minimum Gasteiger partial charge on any atom is -0.494 e. The van der Waals surface area contributed by atoms with E-state index in [1.165, 1.54) is 16.2 Å².